The molecule has 100 valence electrons. The molecule has 1 aromatic rings. The Labute approximate surface area is 108 Å². The molecule has 0 fully saturated rings. The van der Waals surface area contributed by atoms with Crippen LogP contribution < -0.4 is 10.6 Å². The van der Waals surface area contributed by atoms with E-state index in [0.717, 1.165) is 12.2 Å². The van der Waals surface area contributed by atoms with E-state index < -0.39 is 5.97 Å². The van der Waals surface area contributed by atoms with Gasteiger partial charge < -0.3 is 15.7 Å². The lowest BCUT2D eigenvalue weighted by Gasteiger charge is -2.24. The first-order chi connectivity index (χ1) is 8.45. The van der Waals surface area contributed by atoms with Gasteiger partial charge in [0.2, 0.25) is 0 Å². The zero-order chi connectivity index (χ0) is 13.7. The zero-order valence-electron chi connectivity index (χ0n) is 11.3. The van der Waals surface area contributed by atoms with Gasteiger partial charge in [0.25, 0.3) is 0 Å². The Balaban J connectivity index is 2.80. The first-order valence-corrected chi connectivity index (χ1v) is 6.29. The molecule has 0 aliphatic carbocycles. The van der Waals surface area contributed by atoms with E-state index in [1.807, 2.05) is 7.05 Å². The second kappa shape index (κ2) is 6.28. The van der Waals surface area contributed by atoms with Crippen LogP contribution in [0.5, 0.6) is 0 Å². The Hall–Kier alpha value is -1.71. The number of benzene rings is 1. The molecule has 0 radical (unpaired) electrons. The van der Waals surface area contributed by atoms with Crippen molar-refractivity contribution in [1.82, 2.24) is 0 Å². The molecule has 1 atom stereocenters. The van der Waals surface area contributed by atoms with Gasteiger partial charge in [0.15, 0.2) is 0 Å². The average Bonchev–Trinajstić information content (AvgIpc) is 2.28. The number of carbonyl (C=O) groups is 1. The van der Waals surface area contributed by atoms with E-state index >= 15 is 0 Å². The molecule has 1 aromatic carbocycles. The Kier molecular flexibility index (Phi) is 5.01. The fourth-order valence-electron chi connectivity index (χ4n) is 2.19. The standard InChI is InChI=1S/C14H22N2O2/c1-4-5-10(2)9-16(3)13-7-6-11(14(17)18)8-12(13)15/h6-8,10H,4-5,9,15H2,1-3H3,(H,17,18). The lowest BCUT2D eigenvalue weighted by molar-refractivity contribution is 0.0697. The molecule has 4 nitrogen and oxygen atoms in total. The summed E-state index contributed by atoms with van der Waals surface area (Å²) in [5.74, 6) is -0.353. The maximum Gasteiger partial charge on any atom is 0.335 e. The molecule has 0 aromatic heterocycles. The highest BCUT2D eigenvalue weighted by Gasteiger charge is 2.11. The Bertz CT molecular complexity index is 418. The summed E-state index contributed by atoms with van der Waals surface area (Å²) in [4.78, 5) is 12.9. The van der Waals surface area contributed by atoms with Gasteiger partial charge in [-0.15, -0.1) is 0 Å². The van der Waals surface area contributed by atoms with Gasteiger partial charge in [-0.25, -0.2) is 4.79 Å². The first kappa shape index (κ1) is 14.4. The largest absolute Gasteiger partial charge is 0.478 e. The van der Waals surface area contributed by atoms with E-state index in [9.17, 15) is 4.79 Å². The van der Waals surface area contributed by atoms with Crippen LogP contribution in [0.25, 0.3) is 0 Å². The van der Waals surface area contributed by atoms with E-state index in [4.69, 9.17) is 10.8 Å². The molecule has 0 spiro atoms. The van der Waals surface area contributed by atoms with Gasteiger partial charge in [0.1, 0.15) is 0 Å². The van der Waals surface area contributed by atoms with Crippen LogP contribution in [0.2, 0.25) is 0 Å². The minimum atomic E-state index is -0.949. The number of hydrogen-bond acceptors (Lipinski definition) is 3. The molecule has 1 rings (SSSR count). The summed E-state index contributed by atoms with van der Waals surface area (Å²) in [6.45, 7) is 5.30. The van der Waals surface area contributed by atoms with Gasteiger partial charge in [-0.2, -0.15) is 0 Å². The number of aromatic carboxylic acids is 1. The van der Waals surface area contributed by atoms with Gasteiger partial charge in [0, 0.05) is 13.6 Å². The van der Waals surface area contributed by atoms with Crippen LogP contribution in [-0.4, -0.2) is 24.7 Å². The normalized spacial score (nSPS) is 12.2. The monoisotopic (exact) mass is 250 g/mol. The van der Waals surface area contributed by atoms with Crippen molar-refractivity contribution in [2.45, 2.75) is 26.7 Å². The van der Waals surface area contributed by atoms with E-state index in [0.29, 0.717) is 11.6 Å². The number of nitrogen functional groups attached to an aromatic ring is 1. The van der Waals surface area contributed by atoms with Crippen molar-refractivity contribution >= 4 is 17.3 Å². The van der Waals surface area contributed by atoms with Crippen LogP contribution in [0, 0.1) is 5.92 Å². The van der Waals surface area contributed by atoms with Crippen molar-refractivity contribution in [3.05, 3.63) is 23.8 Å². The number of nitrogens with two attached hydrogens (primary N) is 1. The predicted octanol–water partition coefficient (Wildman–Crippen LogP) is 2.84. The van der Waals surface area contributed by atoms with Crippen molar-refractivity contribution in [2.24, 2.45) is 5.92 Å². The topological polar surface area (TPSA) is 66.6 Å². The molecular formula is C14H22N2O2. The summed E-state index contributed by atoms with van der Waals surface area (Å²) in [5.41, 5.74) is 7.54. The predicted molar refractivity (Wildman–Crippen MR) is 75.2 cm³/mol. The van der Waals surface area contributed by atoms with E-state index in [1.54, 1.807) is 12.1 Å². The minimum absolute atomic E-state index is 0.228. The van der Waals surface area contributed by atoms with Gasteiger partial charge in [-0.1, -0.05) is 20.3 Å². The smallest absolute Gasteiger partial charge is 0.335 e. The van der Waals surface area contributed by atoms with Crippen LogP contribution in [0.15, 0.2) is 18.2 Å². The first-order valence-electron chi connectivity index (χ1n) is 6.29. The van der Waals surface area contributed by atoms with Gasteiger partial charge >= 0.3 is 5.97 Å². The zero-order valence-corrected chi connectivity index (χ0v) is 11.3. The van der Waals surface area contributed by atoms with Gasteiger partial charge in [-0.3, -0.25) is 0 Å². The SMILES string of the molecule is CCCC(C)CN(C)c1ccc(C(=O)O)cc1N. The third-order valence-corrected chi connectivity index (χ3v) is 3.05. The summed E-state index contributed by atoms with van der Waals surface area (Å²) >= 11 is 0. The van der Waals surface area contributed by atoms with Crippen LogP contribution in [-0.2, 0) is 0 Å². The molecule has 0 aliphatic rings. The highest BCUT2D eigenvalue weighted by atomic mass is 16.4. The summed E-state index contributed by atoms with van der Waals surface area (Å²) < 4.78 is 0. The van der Waals surface area contributed by atoms with E-state index in [1.165, 1.54) is 18.9 Å². The summed E-state index contributed by atoms with van der Waals surface area (Å²) in [7, 11) is 1.98. The minimum Gasteiger partial charge on any atom is -0.478 e. The summed E-state index contributed by atoms with van der Waals surface area (Å²) in [6, 6.07) is 4.88. The molecule has 3 N–H and O–H groups in total. The van der Waals surface area contributed by atoms with Crippen LogP contribution in [0.4, 0.5) is 11.4 Å². The van der Waals surface area contributed by atoms with Crippen molar-refractivity contribution in [1.29, 1.82) is 0 Å². The molecule has 4 heteroatoms. The highest BCUT2D eigenvalue weighted by molar-refractivity contribution is 5.90. The fourth-order valence-corrected chi connectivity index (χ4v) is 2.19. The molecule has 0 saturated heterocycles. The van der Waals surface area contributed by atoms with Gasteiger partial charge in [0.05, 0.1) is 16.9 Å². The molecular weight excluding hydrogens is 228 g/mol. The van der Waals surface area contributed by atoms with Crippen LogP contribution in [0.3, 0.4) is 0 Å². The average molecular weight is 250 g/mol. The molecule has 0 bridgehead atoms. The Morgan fingerprint density at radius 2 is 2.17 bits per heavy atom. The number of nitrogens with zero attached hydrogens (tertiary/aromatic N) is 1. The van der Waals surface area contributed by atoms with Crippen LogP contribution >= 0.6 is 0 Å². The van der Waals surface area contributed by atoms with Crippen molar-refractivity contribution in [2.75, 3.05) is 24.2 Å². The van der Waals surface area contributed by atoms with E-state index in [2.05, 4.69) is 18.7 Å². The molecule has 0 amide bonds. The number of anilines is 2. The lowest BCUT2D eigenvalue weighted by atomic mass is 10.1. The maximum atomic E-state index is 10.8. The fraction of sp³-hybridized carbons (Fsp3) is 0.500. The van der Waals surface area contributed by atoms with Crippen LogP contribution in [0.1, 0.15) is 37.0 Å². The maximum absolute atomic E-state index is 10.8. The number of rotatable bonds is 6. The quantitative estimate of drug-likeness (QED) is 0.762. The second-order valence-electron chi connectivity index (χ2n) is 4.85. The molecule has 0 aliphatic heterocycles. The van der Waals surface area contributed by atoms with Crippen molar-refractivity contribution in [3.8, 4) is 0 Å². The second-order valence-corrected chi connectivity index (χ2v) is 4.85. The van der Waals surface area contributed by atoms with E-state index in [-0.39, 0.29) is 5.56 Å². The highest BCUT2D eigenvalue weighted by Crippen LogP contribution is 2.24. The van der Waals surface area contributed by atoms with Crippen molar-refractivity contribution < 1.29 is 9.90 Å². The van der Waals surface area contributed by atoms with Gasteiger partial charge in [-0.05, 0) is 30.5 Å². The third kappa shape index (κ3) is 3.65. The van der Waals surface area contributed by atoms with Crippen molar-refractivity contribution in [3.63, 3.8) is 0 Å². The molecule has 0 heterocycles. The third-order valence-electron chi connectivity index (χ3n) is 3.05. The summed E-state index contributed by atoms with van der Waals surface area (Å²) in [6.07, 6.45) is 2.35. The Morgan fingerprint density at radius 1 is 1.50 bits per heavy atom. The molecule has 0 saturated carbocycles. The molecule has 18 heavy (non-hydrogen) atoms. The summed E-state index contributed by atoms with van der Waals surface area (Å²) in [5, 5.41) is 8.88. The number of carboxylic acids is 1. The number of carboxylic acid groups (broad SMARTS) is 1. The Morgan fingerprint density at radius 3 is 2.67 bits per heavy atom. The lowest BCUT2D eigenvalue weighted by Crippen LogP contribution is -2.24. The number of hydrogen-bond donors (Lipinski definition) is 2. The molecule has 1 unspecified atom stereocenters.